The number of hydrogen-bond donors (Lipinski definition) is 2. The van der Waals surface area contributed by atoms with Crippen LogP contribution in [0.15, 0.2) is 24.4 Å². The van der Waals surface area contributed by atoms with E-state index in [4.69, 9.17) is 16.6 Å². The van der Waals surface area contributed by atoms with Gasteiger partial charge in [-0.15, -0.1) is 0 Å². The molecule has 1 aliphatic rings. The largest absolute Gasteiger partial charge is 0.373 e. The molecule has 2 heterocycles. The molecule has 0 amide bonds. The normalized spacial score (nSPS) is 14.8. The second-order valence-corrected chi connectivity index (χ2v) is 7.81. The average Bonchev–Trinajstić information content (AvgIpc) is 2.69. The Morgan fingerprint density at radius 1 is 1.19 bits per heavy atom. The number of nitrogens with zero attached hydrogens (tertiary/aromatic N) is 2. The minimum atomic E-state index is -0.707. The van der Waals surface area contributed by atoms with E-state index < -0.39 is 6.23 Å². The summed E-state index contributed by atoms with van der Waals surface area (Å²) >= 11 is 5.91. The van der Waals surface area contributed by atoms with Gasteiger partial charge in [0.2, 0.25) is 0 Å². The third-order valence-electron chi connectivity index (χ3n) is 5.24. The Hall–Kier alpha value is -1.49. The Kier molecular flexibility index (Phi) is 7.62. The predicted octanol–water partition coefficient (Wildman–Crippen LogP) is 4.76. The van der Waals surface area contributed by atoms with Crippen molar-refractivity contribution in [1.82, 2.24) is 15.3 Å². The highest BCUT2D eigenvalue weighted by atomic mass is 35.5. The Labute approximate surface area is 167 Å². The first-order valence-corrected chi connectivity index (χ1v) is 10.6. The molecule has 2 N–H and O–H groups in total. The summed E-state index contributed by atoms with van der Waals surface area (Å²) in [6.45, 7) is 3.02. The van der Waals surface area contributed by atoms with Crippen molar-refractivity contribution < 1.29 is 5.11 Å². The molecule has 2 aromatic heterocycles. The average molecular weight is 388 g/mol. The van der Waals surface area contributed by atoms with Crippen molar-refractivity contribution in [3.8, 4) is 0 Å². The highest BCUT2D eigenvalue weighted by Gasteiger charge is 2.19. The molecule has 1 atom stereocenters. The molecule has 2 aromatic rings. The molecule has 0 radical (unpaired) electrons. The maximum absolute atomic E-state index is 10.6. The van der Waals surface area contributed by atoms with E-state index in [0.717, 1.165) is 49.2 Å². The highest BCUT2D eigenvalue weighted by Crippen LogP contribution is 2.27. The molecule has 146 valence electrons. The summed E-state index contributed by atoms with van der Waals surface area (Å²) in [4.78, 5) is 8.99. The fourth-order valence-corrected chi connectivity index (χ4v) is 3.85. The van der Waals surface area contributed by atoms with Crippen LogP contribution in [0.3, 0.4) is 0 Å². The van der Waals surface area contributed by atoms with Gasteiger partial charge in [-0.1, -0.05) is 43.9 Å². The number of aliphatic hydroxyl groups is 1. The lowest BCUT2D eigenvalue weighted by atomic mass is 9.89. The molecule has 27 heavy (non-hydrogen) atoms. The maximum atomic E-state index is 10.6. The molecule has 0 aliphatic heterocycles. The van der Waals surface area contributed by atoms with Crippen LogP contribution in [-0.2, 0) is 19.3 Å². The topological polar surface area (TPSA) is 58.0 Å². The van der Waals surface area contributed by atoms with Gasteiger partial charge >= 0.3 is 0 Å². The lowest BCUT2D eigenvalue weighted by Gasteiger charge is -2.22. The van der Waals surface area contributed by atoms with Crippen LogP contribution in [0, 0.1) is 0 Å². The number of unbranched alkanes of at least 4 members (excludes halogenated alkanes) is 3. The Morgan fingerprint density at radius 3 is 2.81 bits per heavy atom. The lowest BCUT2D eigenvalue weighted by Crippen LogP contribution is -2.24. The number of aliphatic hydroxyl groups excluding tert-OH is 1. The first-order valence-electron chi connectivity index (χ1n) is 10.2. The van der Waals surface area contributed by atoms with Crippen LogP contribution in [-0.4, -0.2) is 21.6 Å². The quantitative estimate of drug-likeness (QED) is 0.370. The summed E-state index contributed by atoms with van der Waals surface area (Å²) in [5.74, 6) is 0. The van der Waals surface area contributed by atoms with Gasteiger partial charge in [0.1, 0.15) is 11.4 Å². The van der Waals surface area contributed by atoms with Crippen LogP contribution < -0.4 is 5.32 Å². The summed E-state index contributed by atoms with van der Waals surface area (Å²) < 4.78 is 0. The first-order chi connectivity index (χ1) is 13.2. The maximum Gasteiger partial charge on any atom is 0.148 e. The van der Waals surface area contributed by atoms with Gasteiger partial charge in [-0.2, -0.15) is 0 Å². The van der Waals surface area contributed by atoms with Gasteiger partial charge in [0.15, 0.2) is 0 Å². The molecule has 0 aromatic carbocycles. The van der Waals surface area contributed by atoms with Crippen molar-refractivity contribution >= 4 is 11.6 Å². The molecule has 0 saturated heterocycles. The summed E-state index contributed by atoms with van der Waals surface area (Å²) in [5.41, 5.74) is 5.64. The number of nitrogens with one attached hydrogen (secondary N) is 1. The SMILES string of the molecule is CCCCCCNC(O)c1cc(Cc2ccc(Cl)nc2)c2c(n1)CCCC2. The molecular formula is C22H30ClN3O. The van der Waals surface area contributed by atoms with Crippen molar-refractivity contribution in [3.63, 3.8) is 0 Å². The molecule has 1 unspecified atom stereocenters. The van der Waals surface area contributed by atoms with E-state index in [-0.39, 0.29) is 0 Å². The van der Waals surface area contributed by atoms with Gasteiger partial charge in [0.05, 0.1) is 5.69 Å². The van der Waals surface area contributed by atoms with Crippen molar-refractivity contribution in [2.75, 3.05) is 6.54 Å². The van der Waals surface area contributed by atoms with Crippen molar-refractivity contribution in [2.45, 2.75) is 70.9 Å². The van der Waals surface area contributed by atoms with Crippen molar-refractivity contribution in [3.05, 3.63) is 57.6 Å². The number of rotatable bonds is 9. The summed E-state index contributed by atoms with van der Waals surface area (Å²) in [6, 6.07) is 5.92. The number of fused-ring (bicyclic) bond motifs is 1. The van der Waals surface area contributed by atoms with E-state index in [1.807, 2.05) is 18.3 Å². The monoisotopic (exact) mass is 387 g/mol. The van der Waals surface area contributed by atoms with Crippen molar-refractivity contribution in [2.24, 2.45) is 0 Å². The molecule has 1 aliphatic carbocycles. The van der Waals surface area contributed by atoms with Crippen LogP contribution in [0.2, 0.25) is 5.15 Å². The molecule has 4 nitrogen and oxygen atoms in total. The second-order valence-electron chi connectivity index (χ2n) is 7.42. The van der Waals surface area contributed by atoms with Gasteiger partial charge in [-0.05, 0) is 73.9 Å². The number of halogens is 1. The van der Waals surface area contributed by atoms with Crippen LogP contribution in [0.25, 0.3) is 0 Å². The summed E-state index contributed by atoms with van der Waals surface area (Å²) in [6.07, 6.45) is 11.1. The molecule has 0 saturated carbocycles. The highest BCUT2D eigenvalue weighted by molar-refractivity contribution is 6.29. The first kappa shape index (κ1) is 20.2. The van der Waals surface area contributed by atoms with E-state index in [0.29, 0.717) is 5.15 Å². The third kappa shape index (κ3) is 5.74. The number of hydrogen-bond acceptors (Lipinski definition) is 4. The fraction of sp³-hybridized carbons (Fsp3) is 0.545. The van der Waals surface area contributed by atoms with E-state index in [2.05, 4.69) is 23.3 Å². The molecule has 5 heteroatoms. The van der Waals surface area contributed by atoms with Gasteiger partial charge in [-0.3, -0.25) is 10.3 Å². The van der Waals surface area contributed by atoms with Gasteiger partial charge in [-0.25, -0.2) is 4.98 Å². The lowest BCUT2D eigenvalue weighted by molar-refractivity contribution is 0.133. The van der Waals surface area contributed by atoms with E-state index >= 15 is 0 Å². The van der Waals surface area contributed by atoms with Gasteiger partial charge in [0.25, 0.3) is 0 Å². The molecule has 3 rings (SSSR count). The van der Waals surface area contributed by atoms with E-state index in [9.17, 15) is 5.11 Å². The zero-order valence-electron chi connectivity index (χ0n) is 16.2. The predicted molar refractivity (Wildman–Crippen MR) is 110 cm³/mol. The minimum absolute atomic E-state index is 0.513. The summed E-state index contributed by atoms with van der Waals surface area (Å²) in [5, 5.41) is 14.3. The number of aryl methyl sites for hydroxylation is 1. The van der Waals surface area contributed by atoms with E-state index in [1.54, 1.807) is 0 Å². The fourth-order valence-electron chi connectivity index (χ4n) is 3.74. The molecular weight excluding hydrogens is 358 g/mol. The Bertz CT molecular complexity index is 733. The minimum Gasteiger partial charge on any atom is -0.373 e. The van der Waals surface area contributed by atoms with Crippen LogP contribution in [0.1, 0.15) is 79.8 Å². The zero-order valence-corrected chi connectivity index (χ0v) is 16.9. The number of pyridine rings is 2. The van der Waals surface area contributed by atoms with Crippen molar-refractivity contribution in [1.29, 1.82) is 0 Å². The van der Waals surface area contributed by atoms with Gasteiger partial charge in [0, 0.05) is 11.9 Å². The zero-order chi connectivity index (χ0) is 19.1. The second kappa shape index (κ2) is 10.2. The molecule has 0 spiro atoms. The number of aromatic nitrogens is 2. The van der Waals surface area contributed by atoms with E-state index in [1.165, 1.54) is 43.2 Å². The standard InChI is InChI=1S/C22H30ClN3O/c1-2-3-4-7-12-24-22(27)20-14-17(13-16-10-11-21(23)25-15-16)18-8-5-6-9-19(18)26-20/h10-11,14-15,22,24,27H,2-9,12-13H2,1H3. The summed E-state index contributed by atoms with van der Waals surface area (Å²) in [7, 11) is 0. The Morgan fingerprint density at radius 2 is 2.04 bits per heavy atom. The van der Waals surface area contributed by atoms with Crippen LogP contribution in [0.5, 0.6) is 0 Å². The van der Waals surface area contributed by atoms with Crippen LogP contribution >= 0.6 is 11.6 Å². The van der Waals surface area contributed by atoms with Crippen LogP contribution in [0.4, 0.5) is 0 Å². The molecule has 0 fully saturated rings. The third-order valence-corrected chi connectivity index (χ3v) is 5.47. The Balaban J connectivity index is 1.75. The van der Waals surface area contributed by atoms with Gasteiger partial charge < -0.3 is 5.11 Å². The smallest absolute Gasteiger partial charge is 0.148 e. The molecule has 0 bridgehead atoms.